The third-order valence-electron chi connectivity index (χ3n) is 12.2. The molecule has 1 unspecified atom stereocenters. The van der Waals surface area contributed by atoms with E-state index in [2.05, 4.69) is 36.6 Å². The molecule has 2 aliphatic carbocycles. The van der Waals surface area contributed by atoms with E-state index in [-0.39, 0.29) is 62.5 Å². The molecule has 5 heterocycles. The smallest absolute Gasteiger partial charge is 0.276 e. The highest BCUT2D eigenvalue weighted by atomic mass is 16.6. The van der Waals surface area contributed by atoms with Gasteiger partial charge in [0.15, 0.2) is 0 Å². The fraction of sp³-hybridized carbons (Fsp3) is 0.524. The van der Waals surface area contributed by atoms with Gasteiger partial charge in [-0.15, -0.1) is 0 Å². The van der Waals surface area contributed by atoms with Crippen molar-refractivity contribution in [2.75, 3.05) is 75.4 Å². The predicted molar refractivity (Wildman–Crippen MR) is 219 cm³/mol. The number of pyridine rings is 1. The minimum atomic E-state index is -0.741. The molecule has 0 bridgehead atoms. The van der Waals surface area contributed by atoms with E-state index in [0.717, 1.165) is 31.2 Å². The first-order valence-corrected chi connectivity index (χ1v) is 20.8. The second kappa shape index (κ2) is 18.1. The Labute approximate surface area is 351 Å². The van der Waals surface area contributed by atoms with Gasteiger partial charge in [-0.1, -0.05) is 6.07 Å². The Morgan fingerprint density at radius 3 is 2.26 bits per heavy atom. The molecule has 1 aromatic carbocycles. The topological polar surface area (TPSA) is 233 Å². The predicted octanol–water partition coefficient (Wildman–Crippen LogP) is 2.32. The SMILES string of the molecule is Cc1cc(Nc2cc(NCCOCCOCCOCCOCC(=O)Nc3cccc4c3CN(C3CCC(=O)NC3=O)C4=O)ncn2)c(=O)n2c1C(=O)NC21CCC2(CC2)CC1. The number of nitrogens with one attached hydrogen (secondary N) is 5. The first-order valence-electron chi connectivity index (χ1n) is 20.8. The number of piperidine rings is 1. The van der Waals surface area contributed by atoms with Gasteiger partial charge in [0.2, 0.25) is 17.7 Å². The molecule has 2 spiro atoms. The van der Waals surface area contributed by atoms with Gasteiger partial charge in [0.25, 0.3) is 17.4 Å². The van der Waals surface area contributed by atoms with Gasteiger partial charge in [-0.2, -0.15) is 0 Å². The Hall–Kier alpha value is -5.76. The molecule has 5 N–H and O–H groups in total. The van der Waals surface area contributed by atoms with E-state index in [9.17, 15) is 28.8 Å². The second-order valence-corrected chi connectivity index (χ2v) is 16.2. The normalized spacial score (nSPS) is 19.4. The zero-order valence-corrected chi connectivity index (χ0v) is 34.1. The van der Waals surface area contributed by atoms with Crippen LogP contribution in [0, 0.1) is 12.3 Å². The molecular formula is C42H51N9O10. The van der Waals surface area contributed by atoms with Gasteiger partial charge in [-0.3, -0.25) is 38.7 Å². The highest BCUT2D eigenvalue weighted by Gasteiger charge is 2.54. The quantitative estimate of drug-likeness (QED) is 0.0862. The Kier molecular flexibility index (Phi) is 12.4. The third-order valence-corrected chi connectivity index (χ3v) is 12.2. The number of aromatic nitrogens is 3. The van der Waals surface area contributed by atoms with Crippen LogP contribution in [0.1, 0.15) is 83.3 Å². The molecule has 2 saturated carbocycles. The molecule has 8 rings (SSSR count). The number of carbonyl (C=O) groups excluding carboxylic acids is 5. The van der Waals surface area contributed by atoms with Crippen molar-refractivity contribution in [1.29, 1.82) is 0 Å². The van der Waals surface area contributed by atoms with Crippen molar-refractivity contribution in [3.05, 3.63) is 69.4 Å². The van der Waals surface area contributed by atoms with Crippen molar-refractivity contribution < 1.29 is 42.9 Å². The first-order chi connectivity index (χ1) is 29.5. The van der Waals surface area contributed by atoms with Gasteiger partial charge in [-0.25, -0.2) is 9.97 Å². The monoisotopic (exact) mass is 841 g/mol. The van der Waals surface area contributed by atoms with Crippen molar-refractivity contribution in [2.24, 2.45) is 5.41 Å². The lowest BCUT2D eigenvalue weighted by Gasteiger charge is -2.39. The molecule has 19 heteroatoms. The first kappa shape index (κ1) is 42.0. The number of imide groups is 1. The number of amides is 5. The van der Waals surface area contributed by atoms with E-state index in [1.807, 2.05) is 6.92 Å². The summed E-state index contributed by atoms with van der Waals surface area (Å²) in [4.78, 5) is 86.4. The molecule has 3 aliphatic heterocycles. The molecule has 5 amide bonds. The molecule has 1 atom stereocenters. The summed E-state index contributed by atoms with van der Waals surface area (Å²) in [5.41, 5.74) is 2.49. The van der Waals surface area contributed by atoms with Gasteiger partial charge in [-0.05, 0) is 81.0 Å². The maximum Gasteiger partial charge on any atom is 0.276 e. The summed E-state index contributed by atoms with van der Waals surface area (Å²) < 4.78 is 23.9. The standard InChI is InChI=1S/C42H51N9O10/c1-26-21-30(40(57)51-36(26)38(55)49-42(51)11-9-41(7-8-41)10-12-42)46-33-22-32(44-25-45-33)43-13-14-58-15-16-59-17-18-60-19-20-61-24-35(53)47-29-4-2-3-27-28(29)23-50(39(27)56)31-5-6-34(52)48-37(31)54/h2-4,21-22,25,31H,5-20,23-24H2,1H3,(H,47,53)(H,49,55)(H,48,52,54)(H2,43,44,45,46). The zero-order chi connectivity index (χ0) is 42.6. The molecule has 0 radical (unpaired) electrons. The Morgan fingerprint density at radius 2 is 1.54 bits per heavy atom. The summed E-state index contributed by atoms with van der Waals surface area (Å²) in [6, 6.07) is 7.69. The zero-order valence-electron chi connectivity index (χ0n) is 34.1. The number of fused-ring (bicyclic) bond motifs is 3. The lowest BCUT2D eigenvalue weighted by molar-refractivity contribution is -0.137. The van der Waals surface area contributed by atoms with Crippen LogP contribution < -0.4 is 32.1 Å². The molecule has 324 valence electrons. The second-order valence-electron chi connectivity index (χ2n) is 16.2. The van der Waals surface area contributed by atoms with Gasteiger partial charge in [0, 0.05) is 42.4 Å². The Morgan fingerprint density at radius 1 is 0.852 bits per heavy atom. The van der Waals surface area contributed by atoms with Gasteiger partial charge in [0.1, 0.15) is 47.7 Å². The van der Waals surface area contributed by atoms with Crippen LogP contribution in [0.15, 0.2) is 41.5 Å². The number of rotatable bonds is 19. The molecule has 61 heavy (non-hydrogen) atoms. The lowest BCUT2D eigenvalue weighted by atomic mass is 9.79. The van der Waals surface area contributed by atoms with Crippen LogP contribution in [0.5, 0.6) is 0 Å². The van der Waals surface area contributed by atoms with Crippen molar-refractivity contribution in [3.8, 4) is 0 Å². The van der Waals surface area contributed by atoms with E-state index in [4.69, 9.17) is 18.9 Å². The highest BCUT2D eigenvalue weighted by molar-refractivity contribution is 6.07. The number of carbonyl (C=O) groups is 5. The average Bonchev–Trinajstić information content (AvgIpc) is 3.83. The number of ether oxygens (including phenoxy) is 4. The van der Waals surface area contributed by atoms with Crippen molar-refractivity contribution in [3.63, 3.8) is 0 Å². The van der Waals surface area contributed by atoms with E-state index in [1.54, 1.807) is 34.9 Å². The van der Waals surface area contributed by atoms with E-state index < -0.39 is 23.5 Å². The van der Waals surface area contributed by atoms with Crippen LogP contribution in [0.3, 0.4) is 0 Å². The van der Waals surface area contributed by atoms with Crippen molar-refractivity contribution in [1.82, 2.24) is 30.1 Å². The lowest BCUT2D eigenvalue weighted by Crippen LogP contribution is -2.52. The van der Waals surface area contributed by atoms with Gasteiger partial charge in [0.05, 0.1) is 46.2 Å². The van der Waals surface area contributed by atoms with Crippen LogP contribution in [0.4, 0.5) is 23.0 Å². The number of anilines is 4. The number of hydrogen-bond acceptors (Lipinski definition) is 14. The van der Waals surface area contributed by atoms with Crippen LogP contribution >= 0.6 is 0 Å². The Balaban J connectivity index is 0.670. The number of hydrogen-bond donors (Lipinski definition) is 5. The fourth-order valence-corrected chi connectivity index (χ4v) is 8.69. The van der Waals surface area contributed by atoms with Gasteiger partial charge >= 0.3 is 0 Å². The van der Waals surface area contributed by atoms with Crippen LogP contribution in [0.2, 0.25) is 0 Å². The van der Waals surface area contributed by atoms with Crippen molar-refractivity contribution >= 4 is 52.5 Å². The van der Waals surface area contributed by atoms with E-state index >= 15 is 0 Å². The molecule has 5 aliphatic rings. The summed E-state index contributed by atoms with van der Waals surface area (Å²) in [7, 11) is 0. The third kappa shape index (κ3) is 9.29. The minimum absolute atomic E-state index is 0.148. The van der Waals surface area contributed by atoms with Crippen LogP contribution in [-0.4, -0.2) is 114 Å². The summed E-state index contributed by atoms with van der Waals surface area (Å²) in [5, 5.41) is 14.6. The maximum atomic E-state index is 13.8. The van der Waals surface area contributed by atoms with Crippen molar-refractivity contribution in [2.45, 2.75) is 76.5 Å². The molecule has 19 nitrogen and oxygen atoms in total. The maximum absolute atomic E-state index is 13.8. The number of aryl methyl sites for hydroxylation is 1. The minimum Gasteiger partial charge on any atom is -0.377 e. The molecule has 3 fully saturated rings. The van der Waals surface area contributed by atoms with Crippen LogP contribution in [0.25, 0.3) is 0 Å². The fourth-order valence-electron chi connectivity index (χ4n) is 8.69. The number of nitrogens with zero attached hydrogens (tertiary/aromatic N) is 4. The van der Waals surface area contributed by atoms with E-state index in [1.165, 1.54) is 24.1 Å². The van der Waals surface area contributed by atoms with Crippen LogP contribution in [-0.2, 0) is 45.5 Å². The molecular weight excluding hydrogens is 791 g/mol. The molecule has 1 saturated heterocycles. The average molecular weight is 842 g/mol. The Bertz CT molecular complexity index is 2250. The largest absolute Gasteiger partial charge is 0.377 e. The highest BCUT2D eigenvalue weighted by Crippen LogP contribution is 2.59. The van der Waals surface area contributed by atoms with E-state index in [0.29, 0.717) is 84.8 Å². The molecule has 2 aromatic heterocycles. The summed E-state index contributed by atoms with van der Waals surface area (Å²) >= 11 is 0. The summed E-state index contributed by atoms with van der Waals surface area (Å²) in [6.45, 7) is 4.57. The molecule has 3 aromatic rings. The van der Waals surface area contributed by atoms with Gasteiger partial charge < -0.3 is 45.1 Å². The summed E-state index contributed by atoms with van der Waals surface area (Å²) in [6.07, 6.45) is 7.83. The number of benzene rings is 1. The summed E-state index contributed by atoms with van der Waals surface area (Å²) in [5.74, 6) is -0.747.